The maximum Gasteiger partial charge on any atom is 0.0610 e. The quantitative estimate of drug-likeness (QED) is 0.757. The third kappa shape index (κ3) is 4.94. The topological polar surface area (TPSA) is 35.5 Å². The van der Waals surface area contributed by atoms with E-state index in [1.807, 2.05) is 0 Å². The zero-order chi connectivity index (χ0) is 15.3. The predicted molar refractivity (Wildman–Crippen MR) is 89.5 cm³/mol. The summed E-state index contributed by atoms with van der Waals surface area (Å²) in [4.78, 5) is 2.76. The zero-order valence-electron chi connectivity index (χ0n) is 14.4. The summed E-state index contributed by atoms with van der Waals surface area (Å²) in [6.45, 7) is 9.23. The summed E-state index contributed by atoms with van der Waals surface area (Å²) in [5.74, 6) is 0.977. The molecular formula is C18H36N2O. The summed E-state index contributed by atoms with van der Waals surface area (Å²) in [6, 6.07) is 1.30. The molecule has 3 heteroatoms. The van der Waals surface area contributed by atoms with Gasteiger partial charge in [-0.1, -0.05) is 26.7 Å². The van der Waals surface area contributed by atoms with Crippen LogP contribution in [0.25, 0.3) is 0 Å². The molecule has 1 aliphatic heterocycles. The summed E-state index contributed by atoms with van der Waals surface area (Å²) >= 11 is 0. The molecule has 1 saturated carbocycles. The fourth-order valence-corrected chi connectivity index (χ4v) is 4.57. The first-order valence-electron chi connectivity index (χ1n) is 9.17. The van der Waals surface area contributed by atoms with Crippen molar-refractivity contribution < 1.29 is 5.11 Å². The lowest BCUT2D eigenvalue weighted by Crippen LogP contribution is -2.50. The minimum Gasteiger partial charge on any atom is -0.394 e. The first-order chi connectivity index (χ1) is 10.0. The van der Waals surface area contributed by atoms with Crippen LogP contribution in [-0.4, -0.2) is 47.3 Å². The van der Waals surface area contributed by atoms with Gasteiger partial charge in [-0.3, -0.25) is 0 Å². The predicted octanol–water partition coefficient (Wildman–Crippen LogP) is 3.17. The van der Waals surface area contributed by atoms with Gasteiger partial charge in [-0.15, -0.1) is 0 Å². The summed E-state index contributed by atoms with van der Waals surface area (Å²) in [6.07, 6.45) is 10.9. The van der Waals surface area contributed by atoms with Crippen molar-refractivity contribution in [3.05, 3.63) is 0 Å². The van der Waals surface area contributed by atoms with Crippen molar-refractivity contribution >= 4 is 0 Å². The van der Waals surface area contributed by atoms with E-state index in [0.29, 0.717) is 6.04 Å². The lowest BCUT2D eigenvalue weighted by atomic mass is 9.78. The first kappa shape index (κ1) is 17.2. The number of hydrogen-bond acceptors (Lipinski definition) is 3. The SMILES string of the molecule is CC(C)NC(C)(CO)CCCN1CCC[C@H]2CCCC[C@H]21. The summed E-state index contributed by atoms with van der Waals surface area (Å²) in [5, 5.41) is 13.2. The number of rotatable bonds is 7. The van der Waals surface area contributed by atoms with Crippen LogP contribution in [0.4, 0.5) is 0 Å². The van der Waals surface area contributed by atoms with Crippen LogP contribution in [0.1, 0.15) is 72.1 Å². The standard InChI is InChI=1S/C18H36N2O/c1-15(2)19-18(3,14-21)11-7-13-20-12-6-9-16-8-4-5-10-17(16)20/h15-17,19,21H,4-14H2,1-3H3/t16-,17-,18?/m1/s1. The van der Waals surface area contributed by atoms with E-state index < -0.39 is 0 Å². The maximum absolute atomic E-state index is 9.68. The van der Waals surface area contributed by atoms with Gasteiger partial charge in [0.1, 0.15) is 0 Å². The summed E-state index contributed by atoms with van der Waals surface area (Å²) < 4.78 is 0. The molecule has 2 rings (SSSR count). The Morgan fingerprint density at radius 1 is 1.19 bits per heavy atom. The van der Waals surface area contributed by atoms with E-state index in [2.05, 4.69) is 31.0 Å². The molecule has 3 nitrogen and oxygen atoms in total. The van der Waals surface area contributed by atoms with E-state index >= 15 is 0 Å². The number of piperidine rings is 1. The van der Waals surface area contributed by atoms with E-state index in [0.717, 1.165) is 18.4 Å². The van der Waals surface area contributed by atoms with Crippen molar-refractivity contribution in [1.82, 2.24) is 10.2 Å². The highest BCUT2D eigenvalue weighted by molar-refractivity contribution is 4.89. The third-order valence-corrected chi connectivity index (χ3v) is 5.52. The molecule has 1 heterocycles. The molecule has 1 saturated heterocycles. The molecule has 0 spiro atoms. The Labute approximate surface area is 131 Å². The number of nitrogens with one attached hydrogen (secondary N) is 1. The van der Waals surface area contributed by atoms with Crippen LogP contribution in [0.5, 0.6) is 0 Å². The van der Waals surface area contributed by atoms with E-state index in [9.17, 15) is 5.11 Å². The second-order valence-electron chi connectivity index (χ2n) is 7.91. The van der Waals surface area contributed by atoms with E-state index in [-0.39, 0.29) is 12.1 Å². The molecule has 2 aliphatic rings. The molecule has 0 amide bonds. The average molecular weight is 296 g/mol. The summed E-state index contributed by atoms with van der Waals surface area (Å²) in [5.41, 5.74) is -0.115. The average Bonchev–Trinajstić information content (AvgIpc) is 2.47. The highest BCUT2D eigenvalue weighted by Crippen LogP contribution is 2.35. The van der Waals surface area contributed by atoms with Gasteiger partial charge in [0.2, 0.25) is 0 Å². The molecular weight excluding hydrogens is 260 g/mol. The number of hydrogen-bond donors (Lipinski definition) is 2. The Morgan fingerprint density at radius 2 is 1.90 bits per heavy atom. The molecule has 0 bridgehead atoms. The molecule has 124 valence electrons. The number of aliphatic hydroxyl groups is 1. The van der Waals surface area contributed by atoms with E-state index in [1.165, 1.54) is 58.0 Å². The third-order valence-electron chi connectivity index (χ3n) is 5.52. The molecule has 21 heavy (non-hydrogen) atoms. The highest BCUT2D eigenvalue weighted by atomic mass is 16.3. The number of aliphatic hydroxyl groups excluding tert-OH is 1. The van der Waals surface area contributed by atoms with Gasteiger partial charge < -0.3 is 15.3 Å². The molecule has 0 aromatic rings. The molecule has 0 aromatic carbocycles. The van der Waals surface area contributed by atoms with Crippen molar-refractivity contribution in [1.29, 1.82) is 0 Å². The highest BCUT2D eigenvalue weighted by Gasteiger charge is 2.33. The van der Waals surface area contributed by atoms with Gasteiger partial charge in [0, 0.05) is 17.6 Å². The van der Waals surface area contributed by atoms with Gasteiger partial charge in [-0.05, 0) is 64.5 Å². The smallest absolute Gasteiger partial charge is 0.0610 e. The van der Waals surface area contributed by atoms with Crippen LogP contribution in [0, 0.1) is 5.92 Å². The van der Waals surface area contributed by atoms with E-state index in [4.69, 9.17) is 0 Å². The maximum atomic E-state index is 9.68. The van der Waals surface area contributed by atoms with Crippen LogP contribution in [0.2, 0.25) is 0 Å². The van der Waals surface area contributed by atoms with Crippen LogP contribution in [-0.2, 0) is 0 Å². The fraction of sp³-hybridized carbons (Fsp3) is 1.00. The van der Waals surface area contributed by atoms with Gasteiger partial charge in [-0.25, -0.2) is 0 Å². The number of nitrogens with zero attached hydrogens (tertiary/aromatic N) is 1. The molecule has 0 aromatic heterocycles. The minimum atomic E-state index is -0.115. The molecule has 2 N–H and O–H groups in total. The molecule has 2 fully saturated rings. The Bertz CT molecular complexity index is 306. The molecule has 1 aliphatic carbocycles. The van der Waals surface area contributed by atoms with Crippen LogP contribution in [0.15, 0.2) is 0 Å². The Morgan fingerprint density at radius 3 is 2.62 bits per heavy atom. The van der Waals surface area contributed by atoms with Gasteiger partial charge >= 0.3 is 0 Å². The van der Waals surface area contributed by atoms with Gasteiger partial charge in [0.15, 0.2) is 0 Å². The monoisotopic (exact) mass is 296 g/mol. The first-order valence-corrected chi connectivity index (χ1v) is 9.17. The van der Waals surface area contributed by atoms with Crippen molar-refractivity contribution in [3.8, 4) is 0 Å². The fourth-order valence-electron chi connectivity index (χ4n) is 4.57. The zero-order valence-corrected chi connectivity index (χ0v) is 14.4. The second-order valence-corrected chi connectivity index (χ2v) is 7.91. The van der Waals surface area contributed by atoms with Gasteiger partial charge in [0.25, 0.3) is 0 Å². The number of fused-ring (bicyclic) bond motifs is 1. The van der Waals surface area contributed by atoms with Crippen molar-refractivity contribution in [2.24, 2.45) is 5.92 Å². The lowest BCUT2D eigenvalue weighted by Gasteiger charge is -2.44. The van der Waals surface area contributed by atoms with Crippen LogP contribution < -0.4 is 5.32 Å². The van der Waals surface area contributed by atoms with Crippen LogP contribution in [0.3, 0.4) is 0 Å². The number of likely N-dealkylation sites (tertiary alicyclic amines) is 1. The van der Waals surface area contributed by atoms with E-state index in [1.54, 1.807) is 0 Å². The van der Waals surface area contributed by atoms with Crippen molar-refractivity contribution in [2.75, 3.05) is 19.7 Å². The van der Waals surface area contributed by atoms with Crippen molar-refractivity contribution in [3.63, 3.8) is 0 Å². The molecule has 1 unspecified atom stereocenters. The normalized spacial score (nSPS) is 30.1. The minimum absolute atomic E-state index is 0.115. The molecule has 0 radical (unpaired) electrons. The lowest BCUT2D eigenvalue weighted by molar-refractivity contribution is 0.0555. The molecule has 3 atom stereocenters. The Hall–Kier alpha value is -0.120. The van der Waals surface area contributed by atoms with Gasteiger partial charge in [0.05, 0.1) is 6.61 Å². The Balaban J connectivity index is 1.78. The van der Waals surface area contributed by atoms with Gasteiger partial charge in [-0.2, -0.15) is 0 Å². The van der Waals surface area contributed by atoms with Crippen LogP contribution >= 0.6 is 0 Å². The van der Waals surface area contributed by atoms with Crippen molar-refractivity contribution in [2.45, 2.75) is 89.8 Å². The largest absolute Gasteiger partial charge is 0.394 e. The summed E-state index contributed by atoms with van der Waals surface area (Å²) in [7, 11) is 0. The Kier molecular flexibility index (Phi) is 6.51. The second kappa shape index (κ2) is 7.94.